The van der Waals surface area contributed by atoms with Gasteiger partial charge < -0.3 is 19.9 Å². The van der Waals surface area contributed by atoms with Crippen molar-refractivity contribution in [3.05, 3.63) is 30.1 Å². The summed E-state index contributed by atoms with van der Waals surface area (Å²) in [4.78, 5) is 15.4. The van der Waals surface area contributed by atoms with Crippen molar-refractivity contribution in [3.63, 3.8) is 0 Å². The topological polar surface area (TPSA) is 68.2 Å². The Hall–Kier alpha value is -2.29. The van der Waals surface area contributed by atoms with E-state index in [9.17, 15) is 18.0 Å². The van der Waals surface area contributed by atoms with Crippen LogP contribution < -0.4 is 10.6 Å². The molecule has 1 fully saturated rings. The van der Waals surface area contributed by atoms with Crippen molar-refractivity contribution >= 4 is 17.1 Å². The van der Waals surface area contributed by atoms with Crippen LogP contribution in [-0.4, -0.2) is 41.4 Å². The number of carbonyl (C=O) groups excluding carboxylic acids is 1. The highest BCUT2D eigenvalue weighted by atomic mass is 19.4. The predicted molar refractivity (Wildman–Crippen MR) is 85.1 cm³/mol. The number of halogens is 3. The maximum atomic E-state index is 13.2. The Bertz CT molecular complexity index is 739. The van der Waals surface area contributed by atoms with Crippen LogP contribution in [0.2, 0.25) is 0 Å². The standard InChI is InChI=1S/C16H19F3N4O2/c17-16(18,19)14-22-12-5-1-2-6-13(12)23(14)8-7-20-15(24)21-10-11-4-3-9-25-11/h1-2,5-6,11H,3-4,7-10H2,(H2,20,21,24). The van der Waals surface area contributed by atoms with Crippen LogP contribution in [0.5, 0.6) is 0 Å². The first-order valence-electron chi connectivity index (χ1n) is 8.11. The molecule has 2 N–H and O–H groups in total. The SMILES string of the molecule is O=C(NCCn1c(C(F)(F)F)nc2ccccc21)NCC1CCCO1. The lowest BCUT2D eigenvalue weighted by molar-refractivity contribution is -0.146. The van der Waals surface area contributed by atoms with E-state index in [1.807, 2.05) is 0 Å². The van der Waals surface area contributed by atoms with Gasteiger partial charge in [0.2, 0.25) is 5.82 Å². The average molecular weight is 356 g/mol. The molecular weight excluding hydrogens is 337 g/mol. The molecule has 1 atom stereocenters. The first-order chi connectivity index (χ1) is 11.9. The minimum absolute atomic E-state index is 0.0141. The minimum atomic E-state index is -4.55. The fourth-order valence-corrected chi connectivity index (χ4v) is 2.87. The van der Waals surface area contributed by atoms with E-state index in [2.05, 4.69) is 15.6 Å². The lowest BCUT2D eigenvalue weighted by Gasteiger charge is -2.14. The maximum absolute atomic E-state index is 13.2. The first-order valence-corrected chi connectivity index (χ1v) is 8.11. The van der Waals surface area contributed by atoms with E-state index < -0.39 is 18.0 Å². The number of hydrogen-bond acceptors (Lipinski definition) is 3. The number of carbonyl (C=O) groups is 1. The Morgan fingerprint density at radius 3 is 2.84 bits per heavy atom. The molecule has 2 aromatic rings. The van der Waals surface area contributed by atoms with Crippen LogP contribution in [0.25, 0.3) is 11.0 Å². The zero-order chi connectivity index (χ0) is 17.9. The summed E-state index contributed by atoms with van der Waals surface area (Å²) in [5.41, 5.74) is 0.661. The third kappa shape index (κ3) is 4.22. The molecule has 1 aliphatic rings. The van der Waals surface area contributed by atoms with Gasteiger partial charge in [-0.15, -0.1) is 0 Å². The lowest BCUT2D eigenvalue weighted by atomic mass is 10.2. The summed E-state index contributed by atoms with van der Waals surface area (Å²) < 4.78 is 46.0. The molecule has 1 saturated heterocycles. The number of fused-ring (bicyclic) bond motifs is 1. The zero-order valence-corrected chi connectivity index (χ0v) is 13.5. The number of hydrogen-bond donors (Lipinski definition) is 2. The molecular formula is C16H19F3N4O2. The quantitative estimate of drug-likeness (QED) is 0.865. The van der Waals surface area contributed by atoms with Gasteiger partial charge >= 0.3 is 12.2 Å². The summed E-state index contributed by atoms with van der Waals surface area (Å²) in [6.07, 6.45) is -2.67. The van der Waals surface area contributed by atoms with Crippen LogP contribution in [0.15, 0.2) is 24.3 Å². The van der Waals surface area contributed by atoms with Gasteiger partial charge in [0, 0.05) is 26.2 Å². The number of ether oxygens (including phenoxy) is 1. The summed E-state index contributed by atoms with van der Waals surface area (Å²) >= 11 is 0. The van der Waals surface area contributed by atoms with Gasteiger partial charge in [0.05, 0.1) is 17.1 Å². The monoisotopic (exact) mass is 356 g/mol. The van der Waals surface area contributed by atoms with Crippen molar-refractivity contribution in [2.45, 2.75) is 31.7 Å². The second-order valence-electron chi connectivity index (χ2n) is 5.85. The number of urea groups is 1. The summed E-state index contributed by atoms with van der Waals surface area (Å²) in [7, 11) is 0. The summed E-state index contributed by atoms with van der Waals surface area (Å²) in [6, 6.07) is 5.98. The molecule has 3 rings (SSSR count). The largest absolute Gasteiger partial charge is 0.449 e. The molecule has 1 aliphatic heterocycles. The number of alkyl halides is 3. The van der Waals surface area contributed by atoms with Crippen LogP contribution in [0, 0.1) is 0 Å². The Balaban J connectivity index is 1.59. The molecule has 0 bridgehead atoms. The van der Waals surface area contributed by atoms with Crippen LogP contribution in [-0.2, 0) is 17.5 Å². The minimum Gasteiger partial charge on any atom is -0.376 e. The molecule has 0 saturated carbocycles. The fraction of sp³-hybridized carbons (Fsp3) is 0.500. The Kier molecular flexibility index (Phi) is 5.12. The van der Waals surface area contributed by atoms with Crippen molar-refractivity contribution in [1.29, 1.82) is 0 Å². The summed E-state index contributed by atoms with van der Waals surface area (Å²) in [5, 5.41) is 5.23. The summed E-state index contributed by atoms with van der Waals surface area (Å²) in [5.74, 6) is -0.963. The van der Waals surface area contributed by atoms with Gasteiger partial charge in [-0.05, 0) is 25.0 Å². The number of nitrogens with zero attached hydrogens (tertiary/aromatic N) is 2. The van der Waals surface area contributed by atoms with Crippen LogP contribution in [0.4, 0.5) is 18.0 Å². The van der Waals surface area contributed by atoms with Crippen LogP contribution in [0.3, 0.4) is 0 Å². The molecule has 136 valence electrons. The van der Waals surface area contributed by atoms with E-state index >= 15 is 0 Å². The van der Waals surface area contributed by atoms with Gasteiger partial charge in [-0.25, -0.2) is 9.78 Å². The predicted octanol–water partition coefficient (Wildman–Crippen LogP) is 2.53. The first kappa shape index (κ1) is 17.5. The zero-order valence-electron chi connectivity index (χ0n) is 13.5. The third-order valence-corrected chi connectivity index (χ3v) is 4.04. The van der Waals surface area contributed by atoms with Crippen molar-refractivity contribution < 1.29 is 22.7 Å². The molecule has 1 aromatic carbocycles. The Labute approximate surface area is 142 Å². The second-order valence-corrected chi connectivity index (χ2v) is 5.85. The van der Waals surface area contributed by atoms with E-state index in [-0.39, 0.29) is 24.7 Å². The van der Waals surface area contributed by atoms with Crippen LogP contribution in [0.1, 0.15) is 18.7 Å². The Morgan fingerprint density at radius 1 is 1.32 bits per heavy atom. The van der Waals surface area contributed by atoms with Crippen molar-refractivity contribution in [3.8, 4) is 0 Å². The van der Waals surface area contributed by atoms with Crippen LogP contribution >= 0.6 is 0 Å². The van der Waals surface area contributed by atoms with Crippen molar-refractivity contribution in [1.82, 2.24) is 20.2 Å². The van der Waals surface area contributed by atoms with Gasteiger partial charge in [-0.3, -0.25) is 0 Å². The number of aromatic nitrogens is 2. The van der Waals surface area contributed by atoms with Gasteiger partial charge in [-0.1, -0.05) is 12.1 Å². The molecule has 0 radical (unpaired) electrons. The van der Waals surface area contributed by atoms with E-state index in [0.717, 1.165) is 17.4 Å². The van der Waals surface area contributed by atoms with E-state index in [0.29, 0.717) is 18.7 Å². The molecule has 1 aromatic heterocycles. The van der Waals surface area contributed by atoms with Gasteiger partial charge in [0.1, 0.15) is 0 Å². The molecule has 6 nitrogen and oxygen atoms in total. The average Bonchev–Trinajstić information content (AvgIpc) is 3.20. The fourth-order valence-electron chi connectivity index (χ4n) is 2.87. The van der Waals surface area contributed by atoms with Gasteiger partial charge in [0.25, 0.3) is 0 Å². The van der Waals surface area contributed by atoms with Crippen molar-refractivity contribution in [2.24, 2.45) is 0 Å². The number of para-hydroxylation sites is 2. The lowest BCUT2D eigenvalue weighted by Crippen LogP contribution is -2.40. The smallest absolute Gasteiger partial charge is 0.376 e. The molecule has 9 heteroatoms. The van der Waals surface area contributed by atoms with Gasteiger partial charge in [0.15, 0.2) is 0 Å². The van der Waals surface area contributed by atoms with Gasteiger partial charge in [-0.2, -0.15) is 13.2 Å². The van der Waals surface area contributed by atoms with Crippen molar-refractivity contribution in [2.75, 3.05) is 19.7 Å². The number of nitrogens with one attached hydrogen (secondary N) is 2. The number of amides is 2. The highest BCUT2D eigenvalue weighted by Gasteiger charge is 2.37. The molecule has 2 heterocycles. The molecule has 2 amide bonds. The highest BCUT2D eigenvalue weighted by Crippen LogP contribution is 2.31. The van der Waals surface area contributed by atoms with E-state index in [1.165, 1.54) is 6.07 Å². The molecule has 0 aliphatic carbocycles. The number of rotatable bonds is 5. The molecule has 0 spiro atoms. The maximum Gasteiger partial charge on any atom is 0.449 e. The summed E-state index contributed by atoms with van der Waals surface area (Å²) in [6.45, 7) is 1.12. The molecule has 25 heavy (non-hydrogen) atoms. The third-order valence-electron chi connectivity index (χ3n) is 4.04. The van der Waals surface area contributed by atoms with E-state index in [4.69, 9.17) is 4.74 Å². The Morgan fingerprint density at radius 2 is 2.12 bits per heavy atom. The second kappa shape index (κ2) is 7.30. The normalized spacial score (nSPS) is 17.8. The molecule has 1 unspecified atom stereocenters. The number of benzene rings is 1. The number of imidazole rings is 1. The van der Waals surface area contributed by atoms with E-state index in [1.54, 1.807) is 18.2 Å². The highest BCUT2D eigenvalue weighted by molar-refractivity contribution is 5.76.